The average molecular weight is 451 g/mol. The summed E-state index contributed by atoms with van der Waals surface area (Å²) in [6.45, 7) is 0. The van der Waals surface area contributed by atoms with Crippen molar-refractivity contribution in [2.24, 2.45) is 0 Å². The fourth-order valence-corrected chi connectivity index (χ4v) is 4.22. The summed E-state index contributed by atoms with van der Waals surface area (Å²) in [5.41, 5.74) is 2.68. The SMILES string of the molecule is CNS(=O)(=O)c1cc(/C=C/C(=O)NC(Cc2ccccc2)c2ccccc2)ccc1OC. The predicted molar refractivity (Wildman–Crippen MR) is 126 cm³/mol. The number of amides is 1. The summed E-state index contributed by atoms with van der Waals surface area (Å²) in [4.78, 5) is 12.7. The zero-order valence-corrected chi connectivity index (χ0v) is 18.8. The summed E-state index contributed by atoms with van der Waals surface area (Å²) < 4.78 is 31.9. The van der Waals surface area contributed by atoms with Crippen molar-refractivity contribution >= 4 is 22.0 Å². The lowest BCUT2D eigenvalue weighted by Crippen LogP contribution is -2.28. The average Bonchev–Trinajstić information content (AvgIpc) is 2.83. The van der Waals surface area contributed by atoms with Crippen molar-refractivity contribution in [3.63, 3.8) is 0 Å². The second-order valence-electron chi connectivity index (χ2n) is 7.11. The molecule has 7 heteroatoms. The van der Waals surface area contributed by atoms with Gasteiger partial charge in [0.05, 0.1) is 13.2 Å². The fourth-order valence-electron chi connectivity index (χ4n) is 3.30. The summed E-state index contributed by atoms with van der Waals surface area (Å²) >= 11 is 0. The van der Waals surface area contributed by atoms with Crippen molar-refractivity contribution in [1.29, 1.82) is 0 Å². The summed E-state index contributed by atoms with van der Waals surface area (Å²) in [5, 5.41) is 3.05. The molecular weight excluding hydrogens is 424 g/mol. The topological polar surface area (TPSA) is 84.5 Å². The van der Waals surface area contributed by atoms with Gasteiger partial charge in [0.25, 0.3) is 0 Å². The molecule has 6 nitrogen and oxygen atoms in total. The zero-order valence-electron chi connectivity index (χ0n) is 18.0. The molecule has 0 saturated carbocycles. The lowest BCUT2D eigenvalue weighted by molar-refractivity contribution is -0.117. The number of sulfonamides is 1. The molecule has 0 radical (unpaired) electrons. The van der Waals surface area contributed by atoms with Gasteiger partial charge in [-0.1, -0.05) is 66.7 Å². The molecule has 1 unspecified atom stereocenters. The number of hydrogen-bond donors (Lipinski definition) is 2. The maximum Gasteiger partial charge on any atom is 0.244 e. The third kappa shape index (κ3) is 6.06. The summed E-state index contributed by atoms with van der Waals surface area (Å²) in [7, 11) is -0.960. The van der Waals surface area contributed by atoms with Gasteiger partial charge in [-0.05, 0) is 48.4 Å². The largest absolute Gasteiger partial charge is 0.495 e. The number of nitrogens with one attached hydrogen (secondary N) is 2. The van der Waals surface area contributed by atoms with E-state index in [2.05, 4.69) is 10.0 Å². The number of methoxy groups -OCH3 is 1. The molecule has 1 amide bonds. The summed E-state index contributed by atoms with van der Waals surface area (Å²) in [5.74, 6) is -0.0448. The minimum Gasteiger partial charge on any atom is -0.495 e. The van der Waals surface area contributed by atoms with Gasteiger partial charge in [-0.2, -0.15) is 0 Å². The maximum atomic E-state index is 12.7. The van der Waals surface area contributed by atoms with Gasteiger partial charge in [-0.3, -0.25) is 4.79 Å². The molecule has 0 aromatic heterocycles. The quantitative estimate of drug-likeness (QED) is 0.487. The smallest absolute Gasteiger partial charge is 0.244 e. The third-order valence-electron chi connectivity index (χ3n) is 4.97. The minimum atomic E-state index is -3.70. The van der Waals surface area contributed by atoms with E-state index in [1.807, 2.05) is 60.7 Å². The van der Waals surface area contributed by atoms with Crippen molar-refractivity contribution in [3.05, 3.63) is 102 Å². The molecule has 0 fully saturated rings. The Morgan fingerprint density at radius 3 is 2.28 bits per heavy atom. The summed E-state index contributed by atoms with van der Waals surface area (Å²) in [6, 6.07) is 24.3. The van der Waals surface area contributed by atoms with Crippen molar-refractivity contribution in [2.45, 2.75) is 17.4 Å². The first kappa shape index (κ1) is 23.2. The number of ether oxygens (including phenoxy) is 1. The van der Waals surface area contributed by atoms with Crippen LogP contribution in [0.5, 0.6) is 5.75 Å². The zero-order chi connectivity index (χ0) is 23.0. The number of hydrogen-bond acceptors (Lipinski definition) is 4. The lowest BCUT2D eigenvalue weighted by Gasteiger charge is -2.18. The molecule has 2 N–H and O–H groups in total. The van der Waals surface area contributed by atoms with Crippen molar-refractivity contribution in [2.75, 3.05) is 14.2 Å². The van der Waals surface area contributed by atoms with E-state index in [1.54, 1.807) is 18.2 Å². The molecule has 0 aliphatic rings. The van der Waals surface area contributed by atoms with Crippen LogP contribution in [0.3, 0.4) is 0 Å². The molecule has 32 heavy (non-hydrogen) atoms. The number of carbonyl (C=O) groups is 1. The lowest BCUT2D eigenvalue weighted by atomic mass is 9.99. The Morgan fingerprint density at radius 1 is 1.00 bits per heavy atom. The maximum absolute atomic E-state index is 12.7. The third-order valence-corrected chi connectivity index (χ3v) is 6.41. The van der Waals surface area contributed by atoms with Crippen LogP contribution in [0.4, 0.5) is 0 Å². The Morgan fingerprint density at radius 2 is 1.66 bits per heavy atom. The highest BCUT2D eigenvalue weighted by Gasteiger charge is 2.18. The van der Waals surface area contributed by atoms with E-state index in [1.165, 1.54) is 26.3 Å². The molecule has 3 aromatic carbocycles. The molecule has 0 aliphatic carbocycles. The van der Waals surface area contributed by atoms with Gasteiger partial charge < -0.3 is 10.1 Å². The highest BCUT2D eigenvalue weighted by molar-refractivity contribution is 7.89. The standard InChI is InChI=1S/C25H26N2O4S/c1-26-32(29,30)24-18-20(13-15-23(24)31-2)14-16-25(28)27-22(21-11-7-4-8-12-21)17-19-9-5-3-6-10-19/h3-16,18,22,26H,17H2,1-2H3,(H,27,28)/b16-14+. The van der Waals surface area contributed by atoms with Crippen molar-refractivity contribution in [1.82, 2.24) is 10.0 Å². The Balaban J connectivity index is 1.79. The fraction of sp³-hybridized carbons (Fsp3) is 0.160. The van der Waals surface area contributed by atoms with Crippen molar-refractivity contribution < 1.29 is 17.9 Å². The van der Waals surface area contributed by atoms with Crippen LogP contribution in [0.25, 0.3) is 6.08 Å². The van der Waals surface area contributed by atoms with Gasteiger partial charge in [0.1, 0.15) is 10.6 Å². The van der Waals surface area contributed by atoms with E-state index in [0.717, 1.165) is 11.1 Å². The second-order valence-corrected chi connectivity index (χ2v) is 8.97. The van der Waals surface area contributed by atoms with Crippen LogP contribution in [0, 0.1) is 0 Å². The van der Waals surface area contributed by atoms with E-state index in [9.17, 15) is 13.2 Å². The summed E-state index contributed by atoms with van der Waals surface area (Å²) in [6.07, 6.45) is 3.63. The monoisotopic (exact) mass is 450 g/mol. The Kier molecular flexibility index (Phi) is 7.81. The van der Waals surface area contributed by atoms with Crippen LogP contribution in [-0.2, 0) is 21.2 Å². The van der Waals surface area contributed by atoms with Crippen LogP contribution in [0.2, 0.25) is 0 Å². The minimum absolute atomic E-state index is 0.0105. The number of rotatable bonds is 9. The van der Waals surface area contributed by atoms with Crippen LogP contribution in [0.15, 0.2) is 89.8 Å². The first-order chi connectivity index (χ1) is 15.4. The number of carbonyl (C=O) groups excluding carboxylic acids is 1. The highest BCUT2D eigenvalue weighted by Crippen LogP contribution is 2.25. The molecule has 0 bridgehead atoms. The van der Waals surface area contributed by atoms with Gasteiger partial charge in [0.15, 0.2) is 0 Å². The molecule has 0 spiro atoms. The first-order valence-corrected chi connectivity index (χ1v) is 11.6. The van der Waals surface area contributed by atoms with Gasteiger partial charge in [0.2, 0.25) is 15.9 Å². The Hall–Kier alpha value is -3.42. The van der Waals surface area contributed by atoms with Crippen LogP contribution < -0.4 is 14.8 Å². The van der Waals surface area contributed by atoms with E-state index in [-0.39, 0.29) is 22.6 Å². The Bertz CT molecular complexity index is 1180. The molecular formula is C25H26N2O4S. The Labute approximate surface area is 189 Å². The van der Waals surface area contributed by atoms with Gasteiger partial charge in [0, 0.05) is 6.08 Å². The normalized spacial score (nSPS) is 12.4. The van der Waals surface area contributed by atoms with E-state index < -0.39 is 10.0 Å². The molecule has 166 valence electrons. The highest BCUT2D eigenvalue weighted by atomic mass is 32.2. The van der Waals surface area contributed by atoms with E-state index in [0.29, 0.717) is 12.0 Å². The molecule has 0 heterocycles. The van der Waals surface area contributed by atoms with Crippen molar-refractivity contribution in [3.8, 4) is 5.75 Å². The number of benzene rings is 3. The van der Waals surface area contributed by atoms with Crippen LogP contribution in [-0.4, -0.2) is 28.5 Å². The first-order valence-electron chi connectivity index (χ1n) is 10.1. The van der Waals surface area contributed by atoms with Gasteiger partial charge in [-0.15, -0.1) is 0 Å². The van der Waals surface area contributed by atoms with Gasteiger partial charge in [-0.25, -0.2) is 13.1 Å². The molecule has 0 saturated heterocycles. The molecule has 3 rings (SSSR count). The molecule has 3 aromatic rings. The van der Waals surface area contributed by atoms with Crippen LogP contribution in [0.1, 0.15) is 22.7 Å². The molecule has 1 atom stereocenters. The van der Waals surface area contributed by atoms with Crippen LogP contribution >= 0.6 is 0 Å². The van der Waals surface area contributed by atoms with E-state index >= 15 is 0 Å². The second kappa shape index (κ2) is 10.7. The predicted octanol–water partition coefficient (Wildman–Crippen LogP) is 3.72. The van der Waals surface area contributed by atoms with E-state index in [4.69, 9.17) is 4.74 Å². The van der Waals surface area contributed by atoms with Gasteiger partial charge >= 0.3 is 0 Å². The molecule has 0 aliphatic heterocycles.